The first-order valence-corrected chi connectivity index (χ1v) is 6.18. The van der Waals surface area contributed by atoms with Gasteiger partial charge >= 0.3 is 0 Å². The largest absolute Gasteiger partial charge is 0.288 e. The van der Waals surface area contributed by atoms with Crippen molar-refractivity contribution in [1.29, 1.82) is 0 Å². The van der Waals surface area contributed by atoms with Gasteiger partial charge in [-0.1, -0.05) is 6.42 Å². The van der Waals surface area contributed by atoms with Gasteiger partial charge in [0, 0.05) is 12.0 Å². The molecule has 8 heteroatoms. The molecule has 1 aliphatic carbocycles. The highest BCUT2D eigenvalue weighted by Gasteiger charge is 2.24. The highest BCUT2D eigenvalue weighted by Crippen LogP contribution is 2.34. The Balaban J connectivity index is 1.73. The molecule has 0 radical (unpaired) electrons. The molecule has 0 atom stereocenters. The summed E-state index contributed by atoms with van der Waals surface area (Å²) in [4.78, 5) is 19.3. The monoisotopic (exact) mass is 279 g/mol. The van der Waals surface area contributed by atoms with Crippen LogP contribution in [0.5, 0.6) is 0 Å². The summed E-state index contributed by atoms with van der Waals surface area (Å²) in [6.07, 6.45) is 4.00. The van der Waals surface area contributed by atoms with E-state index in [1.165, 1.54) is 0 Å². The molecule has 2 N–H and O–H groups in total. The number of carbonyl (C=O) groups excluding carboxylic acids is 1. The van der Waals surface area contributed by atoms with Crippen LogP contribution in [-0.2, 0) is 0 Å². The zero-order valence-electron chi connectivity index (χ0n) is 10.4. The normalized spacial score (nSPS) is 14.9. The number of hydrogen-bond donors (Lipinski definition) is 2. The summed E-state index contributed by atoms with van der Waals surface area (Å²) in [7, 11) is 0. The molecule has 1 aliphatic rings. The van der Waals surface area contributed by atoms with E-state index in [4.69, 9.17) is 0 Å². The summed E-state index contributed by atoms with van der Waals surface area (Å²) in [6, 6.07) is 0.597. The van der Waals surface area contributed by atoms with Gasteiger partial charge in [0.2, 0.25) is 5.95 Å². The van der Waals surface area contributed by atoms with Crippen LogP contribution in [0.25, 0.3) is 0 Å². The van der Waals surface area contributed by atoms with Crippen molar-refractivity contribution in [3.05, 3.63) is 35.4 Å². The van der Waals surface area contributed by atoms with E-state index in [0.29, 0.717) is 17.8 Å². The fraction of sp³-hybridized carbons (Fsp3) is 0.333. The predicted molar refractivity (Wildman–Crippen MR) is 65.1 cm³/mol. The van der Waals surface area contributed by atoms with E-state index in [-0.39, 0.29) is 5.95 Å². The third-order valence-electron chi connectivity index (χ3n) is 3.24. The number of nitrogens with one attached hydrogen (secondary N) is 2. The molecule has 1 amide bonds. The maximum Gasteiger partial charge on any atom is 0.279 e. The van der Waals surface area contributed by atoms with Crippen LogP contribution in [0.1, 0.15) is 41.5 Å². The summed E-state index contributed by atoms with van der Waals surface area (Å²) in [5.74, 6) is -1.58. The summed E-state index contributed by atoms with van der Waals surface area (Å²) in [6.45, 7) is 0. The Morgan fingerprint density at radius 3 is 2.85 bits per heavy atom. The summed E-state index contributed by atoms with van der Waals surface area (Å²) in [5, 5.41) is 8.90. The van der Waals surface area contributed by atoms with Gasteiger partial charge in [-0.3, -0.25) is 15.2 Å². The molecule has 2 aromatic heterocycles. The van der Waals surface area contributed by atoms with Crippen molar-refractivity contribution >= 4 is 11.9 Å². The quantitative estimate of drug-likeness (QED) is 0.900. The van der Waals surface area contributed by atoms with E-state index in [1.54, 1.807) is 0 Å². The number of anilines is 1. The lowest BCUT2D eigenvalue weighted by Crippen LogP contribution is -2.17. The number of H-pyrrole nitrogens is 1. The van der Waals surface area contributed by atoms with Gasteiger partial charge in [-0.25, -0.2) is 13.8 Å². The number of amides is 1. The Morgan fingerprint density at radius 1 is 1.40 bits per heavy atom. The van der Waals surface area contributed by atoms with Crippen molar-refractivity contribution in [3.63, 3.8) is 0 Å². The van der Waals surface area contributed by atoms with Gasteiger partial charge in [-0.2, -0.15) is 4.98 Å². The first-order valence-electron chi connectivity index (χ1n) is 6.18. The van der Waals surface area contributed by atoms with E-state index >= 15 is 0 Å². The lowest BCUT2D eigenvalue weighted by molar-refractivity contribution is 0.101. The molecule has 1 saturated carbocycles. The Morgan fingerprint density at radius 2 is 2.20 bits per heavy atom. The highest BCUT2D eigenvalue weighted by molar-refractivity contribution is 6.01. The average Bonchev–Trinajstić information content (AvgIpc) is 2.74. The number of aromatic amines is 1. The molecule has 0 saturated heterocycles. The lowest BCUT2D eigenvalue weighted by Gasteiger charge is -2.22. The van der Waals surface area contributed by atoms with Crippen molar-refractivity contribution in [1.82, 2.24) is 20.2 Å². The van der Waals surface area contributed by atoms with Crippen LogP contribution in [-0.4, -0.2) is 26.1 Å². The van der Waals surface area contributed by atoms with Gasteiger partial charge in [0.05, 0.1) is 6.20 Å². The van der Waals surface area contributed by atoms with Crippen molar-refractivity contribution in [2.45, 2.75) is 25.2 Å². The smallest absolute Gasteiger partial charge is 0.279 e. The molecular formula is C12H11F2N5O. The second kappa shape index (κ2) is 4.95. The number of aromatic nitrogens is 4. The number of halogens is 2. The number of pyridine rings is 1. The minimum absolute atomic E-state index is 0.0578. The maximum absolute atomic E-state index is 13.4. The Labute approximate surface area is 112 Å². The first kappa shape index (κ1) is 12.6. The van der Waals surface area contributed by atoms with Crippen molar-refractivity contribution in [2.24, 2.45) is 0 Å². The number of hydrogen-bond acceptors (Lipinski definition) is 4. The van der Waals surface area contributed by atoms with Crippen molar-refractivity contribution < 1.29 is 13.6 Å². The van der Waals surface area contributed by atoms with Gasteiger partial charge in [0.25, 0.3) is 5.91 Å². The zero-order valence-corrected chi connectivity index (χ0v) is 10.4. The molecule has 104 valence electrons. The summed E-state index contributed by atoms with van der Waals surface area (Å²) >= 11 is 0. The van der Waals surface area contributed by atoms with E-state index < -0.39 is 23.2 Å². The minimum Gasteiger partial charge on any atom is -0.288 e. The number of nitrogens with zero attached hydrogens (tertiary/aromatic N) is 3. The van der Waals surface area contributed by atoms with Crippen molar-refractivity contribution in [2.75, 3.05) is 5.32 Å². The summed E-state index contributed by atoms with van der Waals surface area (Å²) in [5.41, 5.74) is -0.499. The van der Waals surface area contributed by atoms with Crippen LogP contribution in [0.15, 0.2) is 12.3 Å². The van der Waals surface area contributed by atoms with Crippen LogP contribution in [0, 0.1) is 11.6 Å². The molecule has 6 nitrogen and oxygen atoms in total. The van der Waals surface area contributed by atoms with Crippen LogP contribution in [0.3, 0.4) is 0 Å². The Bertz CT molecular complexity index is 653. The molecule has 3 rings (SSSR count). The van der Waals surface area contributed by atoms with Crippen LogP contribution < -0.4 is 5.32 Å². The van der Waals surface area contributed by atoms with Crippen molar-refractivity contribution in [3.8, 4) is 0 Å². The Hall–Kier alpha value is -2.38. The standard InChI is InChI=1S/C12H11F2N5O/c13-7-4-8(14)9(15-5-7)11(20)17-12-16-10(18-19-12)6-2-1-3-6/h4-6H,1-3H2,(H2,16,17,18,19,20). The average molecular weight is 279 g/mol. The van der Waals surface area contributed by atoms with E-state index in [1.807, 2.05) is 0 Å². The van der Waals surface area contributed by atoms with Crippen LogP contribution >= 0.6 is 0 Å². The van der Waals surface area contributed by atoms with E-state index in [0.717, 1.165) is 25.5 Å². The minimum atomic E-state index is -1.03. The van der Waals surface area contributed by atoms with Crippen LogP contribution in [0.2, 0.25) is 0 Å². The Kier molecular flexibility index (Phi) is 3.13. The molecule has 2 aromatic rings. The highest BCUT2D eigenvalue weighted by atomic mass is 19.1. The molecular weight excluding hydrogens is 268 g/mol. The molecule has 0 spiro atoms. The van der Waals surface area contributed by atoms with Gasteiger partial charge in [-0.05, 0) is 12.8 Å². The molecule has 0 aliphatic heterocycles. The molecule has 1 fully saturated rings. The van der Waals surface area contributed by atoms with E-state index in [9.17, 15) is 13.6 Å². The number of carbonyl (C=O) groups is 1. The predicted octanol–water partition coefficient (Wildman–Crippen LogP) is 2.00. The zero-order chi connectivity index (χ0) is 14.1. The topological polar surface area (TPSA) is 83.6 Å². The maximum atomic E-state index is 13.4. The third kappa shape index (κ3) is 2.36. The molecule has 2 heterocycles. The van der Waals surface area contributed by atoms with Gasteiger partial charge in [0.15, 0.2) is 11.5 Å². The third-order valence-corrected chi connectivity index (χ3v) is 3.24. The van der Waals surface area contributed by atoms with Gasteiger partial charge in [0.1, 0.15) is 11.6 Å². The van der Waals surface area contributed by atoms with E-state index in [2.05, 4.69) is 25.5 Å². The fourth-order valence-electron chi connectivity index (χ4n) is 1.94. The lowest BCUT2D eigenvalue weighted by atomic mass is 9.85. The van der Waals surface area contributed by atoms with Gasteiger partial charge < -0.3 is 0 Å². The first-order chi connectivity index (χ1) is 9.63. The molecule has 0 aromatic carbocycles. The summed E-state index contributed by atoms with van der Waals surface area (Å²) < 4.78 is 26.1. The fourth-order valence-corrected chi connectivity index (χ4v) is 1.94. The second-order valence-corrected chi connectivity index (χ2v) is 4.61. The van der Waals surface area contributed by atoms with Gasteiger partial charge in [-0.15, -0.1) is 5.10 Å². The van der Waals surface area contributed by atoms with Crippen LogP contribution in [0.4, 0.5) is 14.7 Å². The molecule has 20 heavy (non-hydrogen) atoms. The number of rotatable bonds is 3. The second-order valence-electron chi connectivity index (χ2n) is 4.61. The SMILES string of the molecule is O=C(Nc1n[nH]c(C2CCC2)n1)c1ncc(F)cc1F. The molecule has 0 bridgehead atoms. The molecule has 0 unspecified atom stereocenters.